The Kier molecular flexibility index (Phi) is 3.52. The molecule has 2 unspecified atom stereocenters. The number of aliphatic hydroxyl groups is 1. The van der Waals surface area contributed by atoms with E-state index in [9.17, 15) is 9.90 Å². The summed E-state index contributed by atoms with van der Waals surface area (Å²) in [7, 11) is 0. The number of carbonyl (C=O) groups excluding carboxylic acids is 1. The number of rotatable bonds is 3. The zero-order valence-electron chi connectivity index (χ0n) is 10.3. The van der Waals surface area contributed by atoms with Gasteiger partial charge >= 0.3 is 0 Å². The van der Waals surface area contributed by atoms with Crippen molar-refractivity contribution < 1.29 is 14.3 Å². The van der Waals surface area contributed by atoms with Crippen molar-refractivity contribution in [3.63, 3.8) is 0 Å². The second kappa shape index (κ2) is 4.92. The van der Waals surface area contributed by atoms with Gasteiger partial charge in [-0.05, 0) is 39.2 Å². The molecule has 1 aromatic heterocycles. The Morgan fingerprint density at radius 3 is 3.06 bits per heavy atom. The van der Waals surface area contributed by atoms with Gasteiger partial charge in [-0.2, -0.15) is 0 Å². The fourth-order valence-corrected chi connectivity index (χ4v) is 2.46. The molecule has 0 aliphatic carbocycles. The van der Waals surface area contributed by atoms with E-state index in [0.29, 0.717) is 12.0 Å². The van der Waals surface area contributed by atoms with Crippen LogP contribution >= 0.6 is 0 Å². The summed E-state index contributed by atoms with van der Waals surface area (Å²) in [6.45, 7) is 4.37. The monoisotopic (exact) mass is 237 g/mol. The van der Waals surface area contributed by atoms with Crippen LogP contribution in [0.1, 0.15) is 42.3 Å². The Bertz CT molecular complexity index is 397. The number of hydrogen-bond acceptors (Lipinski definition) is 3. The molecule has 1 aliphatic rings. The van der Waals surface area contributed by atoms with E-state index in [1.807, 2.05) is 11.8 Å². The number of furan rings is 1. The largest absolute Gasteiger partial charge is 0.469 e. The summed E-state index contributed by atoms with van der Waals surface area (Å²) in [5, 5.41) is 9.43. The van der Waals surface area contributed by atoms with Crippen LogP contribution in [0.3, 0.4) is 0 Å². The van der Waals surface area contributed by atoms with Crippen molar-refractivity contribution in [2.45, 2.75) is 45.3 Å². The Labute approximate surface area is 101 Å². The molecule has 1 fully saturated rings. The van der Waals surface area contributed by atoms with Crippen LogP contribution in [-0.2, 0) is 0 Å². The lowest BCUT2D eigenvalue weighted by Crippen LogP contribution is -2.37. The van der Waals surface area contributed by atoms with Crippen molar-refractivity contribution in [1.82, 2.24) is 4.90 Å². The van der Waals surface area contributed by atoms with E-state index in [1.54, 1.807) is 13.0 Å². The van der Waals surface area contributed by atoms with Gasteiger partial charge in [0.1, 0.15) is 12.0 Å². The fraction of sp³-hybridized carbons (Fsp3) is 0.615. The van der Waals surface area contributed by atoms with Gasteiger partial charge in [-0.1, -0.05) is 0 Å². The summed E-state index contributed by atoms with van der Waals surface area (Å²) in [5.41, 5.74) is 0.611. The smallest absolute Gasteiger partial charge is 0.257 e. The SMILES string of the molecule is Cc1cc(C(=O)N2CCCC2CC(C)O)co1. The van der Waals surface area contributed by atoms with Crippen molar-refractivity contribution >= 4 is 5.91 Å². The molecule has 17 heavy (non-hydrogen) atoms. The molecule has 2 heterocycles. The minimum absolute atomic E-state index is 0.0185. The number of carbonyl (C=O) groups is 1. The van der Waals surface area contributed by atoms with Crippen LogP contribution in [0.5, 0.6) is 0 Å². The van der Waals surface area contributed by atoms with Gasteiger partial charge in [-0.25, -0.2) is 0 Å². The summed E-state index contributed by atoms with van der Waals surface area (Å²) in [5.74, 6) is 0.768. The van der Waals surface area contributed by atoms with Gasteiger partial charge in [0.2, 0.25) is 0 Å². The highest BCUT2D eigenvalue weighted by Gasteiger charge is 2.30. The quantitative estimate of drug-likeness (QED) is 0.874. The Hall–Kier alpha value is -1.29. The van der Waals surface area contributed by atoms with Gasteiger partial charge in [0.25, 0.3) is 5.91 Å². The van der Waals surface area contributed by atoms with Crippen LogP contribution in [0.25, 0.3) is 0 Å². The first-order valence-corrected chi connectivity index (χ1v) is 6.12. The summed E-state index contributed by atoms with van der Waals surface area (Å²) in [4.78, 5) is 14.1. The van der Waals surface area contributed by atoms with Crippen molar-refractivity contribution in [2.75, 3.05) is 6.54 Å². The van der Waals surface area contributed by atoms with E-state index >= 15 is 0 Å². The minimum Gasteiger partial charge on any atom is -0.469 e. The molecule has 1 saturated heterocycles. The average molecular weight is 237 g/mol. The predicted octanol–water partition coefficient (Wildman–Crippen LogP) is 1.96. The summed E-state index contributed by atoms with van der Waals surface area (Å²) in [6, 6.07) is 1.93. The number of nitrogens with zero attached hydrogens (tertiary/aromatic N) is 1. The first kappa shape index (κ1) is 12.2. The molecule has 4 nitrogen and oxygen atoms in total. The summed E-state index contributed by atoms with van der Waals surface area (Å²) in [6.07, 6.45) is 3.80. The normalized spacial score (nSPS) is 21.8. The van der Waals surface area contributed by atoms with E-state index in [-0.39, 0.29) is 18.1 Å². The molecule has 0 radical (unpaired) electrons. The van der Waals surface area contributed by atoms with E-state index in [0.717, 1.165) is 25.1 Å². The zero-order chi connectivity index (χ0) is 12.4. The summed E-state index contributed by atoms with van der Waals surface area (Å²) >= 11 is 0. The lowest BCUT2D eigenvalue weighted by molar-refractivity contribution is 0.0681. The molecule has 0 saturated carbocycles. The molecule has 1 aromatic rings. The van der Waals surface area contributed by atoms with Gasteiger partial charge < -0.3 is 14.4 Å². The second-order valence-electron chi connectivity index (χ2n) is 4.83. The highest BCUT2D eigenvalue weighted by molar-refractivity contribution is 5.94. The summed E-state index contributed by atoms with van der Waals surface area (Å²) < 4.78 is 5.16. The molecule has 1 aliphatic heterocycles. The number of likely N-dealkylation sites (tertiary alicyclic amines) is 1. The van der Waals surface area contributed by atoms with Gasteiger partial charge in [0.05, 0.1) is 11.7 Å². The number of aryl methyl sites for hydroxylation is 1. The molecule has 0 aromatic carbocycles. The minimum atomic E-state index is -0.362. The van der Waals surface area contributed by atoms with Gasteiger partial charge in [0, 0.05) is 12.6 Å². The Balaban J connectivity index is 2.08. The van der Waals surface area contributed by atoms with Gasteiger partial charge in [-0.15, -0.1) is 0 Å². The van der Waals surface area contributed by atoms with Crippen molar-refractivity contribution in [3.05, 3.63) is 23.7 Å². The number of hydrogen-bond donors (Lipinski definition) is 1. The third-order valence-corrected chi connectivity index (χ3v) is 3.23. The van der Waals surface area contributed by atoms with Crippen LogP contribution in [0.4, 0.5) is 0 Å². The lowest BCUT2D eigenvalue weighted by Gasteiger charge is -2.25. The molecular formula is C13H19NO3. The van der Waals surface area contributed by atoms with E-state index in [2.05, 4.69) is 0 Å². The highest BCUT2D eigenvalue weighted by atomic mass is 16.3. The van der Waals surface area contributed by atoms with Gasteiger partial charge in [0.15, 0.2) is 0 Å². The van der Waals surface area contributed by atoms with Crippen LogP contribution in [0.15, 0.2) is 16.7 Å². The molecule has 0 spiro atoms. The van der Waals surface area contributed by atoms with Crippen LogP contribution in [0, 0.1) is 6.92 Å². The van der Waals surface area contributed by atoms with E-state index < -0.39 is 0 Å². The molecule has 2 rings (SSSR count). The van der Waals surface area contributed by atoms with Crippen LogP contribution in [0.2, 0.25) is 0 Å². The van der Waals surface area contributed by atoms with E-state index in [4.69, 9.17) is 4.42 Å². The van der Waals surface area contributed by atoms with Crippen molar-refractivity contribution in [3.8, 4) is 0 Å². The molecule has 1 N–H and O–H groups in total. The third kappa shape index (κ3) is 2.69. The molecule has 2 atom stereocenters. The number of aliphatic hydroxyl groups excluding tert-OH is 1. The maximum Gasteiger partial charge on any atom is 0.257 e. The highest BCUT2D eigenvalue weighted by Crippen LogP contribution is 2.24. The second-order valence-corrected chi connectivity index (χ2v) is 4.83. The molecule has 0 bridgehead atoms. The van der Waals surface area contributed by atoms with Gasteiger partial charge in [-0.3, -0.25) is 4.79 Å². The van der Waals surface area contributed by atoms with Crippen molar-refractivity contribution in [2.24, 2.45) is 0 Å². The molecular weight excluding hydrogens is 218 g/mol. The maximum absolute atomic E-state index is 12.2. The molecule has 1 amide bonds. The Morgan fingerprint density at radius 2 is 2.47 bits per heavy atom. The standard InChI is InChI=1S/C13H19NO3/c1-9(15)6-12-4-3-5-14(12)13(16)11-7-10(2)17-8-11/h7-9,12,15H,3-6H2,1-2H3. The Morgan fingerprint density at radius 1 is 1.71 bits per heavy atom. The number of amides is 1. The van der Waals surface area contributed by atoms with Crippen LogP contribution in [-0.4, -0.2) is 34.6 Å². The van der Waals surface area contributed by atoms with Crippen LogP contribution < -0.4 is 0 Å². The molecule has 4 heteroatoms. The molecule has 94 valence electrons. The first-order valence-electron chi connectivity index (χ1n) is 6.12. The lowest BCUT2D eigenvalue weighted by atomic mass is 10.1. The zero-order valence-corrected chi connectivity index (χ0v) is 10.3. The van der Waals surface area contributed by atoms with Crippen molar-refractivity contribution in [1.29, 1.82) is 0 Å². The predicted molar refractivity (Wildman–Crippen MR) is 63.8 cm³/mol. The average Bonchev–Trinajstić information content (AvgIpc) is 2.85. The maximum atomic E-state index is 12.2. The fourth-order valence-electron chi connectivity index (χ4n) is 2.46. The first-order chi connectivity index (χ1) is 8.08. The van der Waals surface area contributed by atoms with E-state index in [1.165, 1.54) is 6.26 Å². The topological polar surface area (TPSA) is 53.7 Å². The third-order valence-electron chi connectivity index (χ3n) is 3.23.